The lowest BCUT2D eigenvalue weighted by atomic mass is 10.0. The number of nitrogens with zero attached hydrogens (tertiary/aromatic N) is 1. The fourth-order valence-electron chi connectivity index (χ4n) is 0.990. The number of alkyl halides is 6. The Balaban J connectivity index is 5.05. The summed E-state index contributed by atoms with van der Waals surface area (Å²) in [5, 5.41) is 10.4. The number of carbonyl (C=O) groups is 1. The van der Waals surface area contributed by atoms with Gasteiger partial charge in [-0.25, -0.2) is 4.79 Å². The second kappa shape index (κ2) is 5.91. The van der Waals surface area contributed by atoms with Crippen LogP contribution >= 0.6 is 0 Å². The maximum absolute atomic E-state index is 12.2. The minimum Gasteiger partial charge on any atom is -0.461 e. The van der Waals surface area contributed by atoms with Crippen molar-refractivity contribution in [2.75, 3.05) is 6.61 Å². The Morgan fingerprint density at radius 2 is 1.67 bits per heavy atom. The van der Waals surface area contributed by atoms with E-state index in [1.54, 1.807) is 0 Å². The largest absolute Gasteiger partial charge is 0.461 e. The van der Waals surface area contributed by atoms with Crippen LogP contribution in [0.4, 0.5) is 26.3 Å². The Morgan fingerprint density at radius 3 is 1.94 bits per heavy atom. The zero-order chi connectivity index (χ0) is 14.6. The highest BCUT2D eigenvalue weighted by Crippen LogP contribution is 2.41. The Labute approximate surface area is 97.2 Å². The minimum absolute atomic E-state index is 0.277. The number of halogens is 6. The predicted molar refractivity (Wildman–Crippen MR) is 46.1 cm³/mol. The van der Waals surface area contributed by atoms with Crippen molar-refractivity contribution < 1.29 is 41.1 Å². The number of hydrogen-bond acceptors (Lipinski definition) is 4. The summed E-state index contributed by atoms with van der Waals surface area (Å²) in [6, 6.07) is 0. The van der Waals surface area contributed by atoms with Crippen molar-refractivity contribution >= 4 is 11.7 Å². The Hall–Kier alpha value is -1.48. The third kappa shape index (κ3) is 4.80. The molecule has 0 aliphatic carbocycles. The van der Waals surface area contributed by atoms with E-state index < -0.39 is 36.4 Å². The Bertz CT molecular complexity index is 308. The second-order valence-electron chi connectivity index (χ2n) is 3.11. The highest BCUT2D eigenvalue weighted by atomic mass is 19.4. The first-order chi connectivity index (χ1) is 8.04. The van der Waals surface area contributed by atoms with Gasteiger partial charge in [-0.05, 0) is 6.92 Å². The van der Waals surface area contributed by atoms with Gasteiger partial charge in [-0.3, -0.25) is 0 Å². The van der Waals surface area contributed by atoms with Gasteiger partial charge in [-0.1, -0.05) is 5.16 Å². The van der Waals surface area contributed by atoms with E-state index in [0.29, 0.717) is 0 Å². The first kappa shape index (κ1) is 16.5. The number of rotatable bonds is 4. The van der Waals surface area contributed by atoms with Crippen LogP contribution in [0.5, 0.6) is 0 Å². The topological polar surface area (TPSA) is 58.9 Å². The predicted octanol–water partition coefficient (Wildman–Crippen LogP) is 2.51. The van der Waals surface area contributed by atoms with E-state index in [4.69, 9.17) is 5.21 Å². The summed E-state index contributed by atoms with van der Waals surface area (Å²) in [6.45, 7) is 1.01. The molecule has 10 heteroatoms. The summed E-state index contributed by atoms with van der Waals surface area (Å²) in [4.78, 5) is 10.9. The standard InChI is InChI=1S/C8H9F6NO3/c1-2-18-6(16)4(15-17)3-5(7(9,10)11)8(12,13)14/h5,17H,2-3H2,1H3. The molecular formula is C8H9F6NO3. The Morgan fingerprint density at radius 1 is 1.22 bits per heavy atom. The Kier molecular flexibility index (Phi) is 5.43. The molecule has 0 radical (unpaired) electrons. The van der Waals surface area contributed by atoms with E-state index in [1.807, 2.05) is 0 Å². The summed E-state index contributed by atoms with van der Waals surface area (Å²) in [7, 11) is 0. The molecule has 0 amide bonds. The van der Waals surface area contributed by atoms with Crippen molar-refractivity contribution in [1.82, 2.24) is 0 Å². The zero-order valence-corrected chi connectivity index (χ0v) is 8.97. The summed E-state index contributed by atoms with van der Waals surface area (Å²) in [6.07, 6.45) is -13.1. The van der Waals surface area contributed by atoms with Crippen LogP contribution in [0.2, 0.25) is 0 Å². The third-order valence-corrected chi connectivity index (χ3v) is 1.82. The lowest BCUT2D eigenvalue weighted by Gasteiger charge is -2.22. The average Bonchev–Trinajstić information content (AvgIpc) is 2.14. The van der Waals surface area contributed by atoms with Crippen molar-refractivity contribution in [3.05, 3.63) is 0 Å². The van der Waals surface area contributed by atoms with Gasteiger partial charge in [-0.2, -0.15) is 26.3 Å². The molecule has 0 atom stereocenters. The molecular weight excluding hydrogens is 272 g/mol. The molecule has 4 nitrogen and oxygen atoms in total. The van der Waals surface area contributed by atoms with E-state index in [0.717, 1.165) is 0 Å². The molecule has 0 heterocycles. The zero-order valence-electron chi connectivity index (χ0n) is 8.97. The van der Waals surface area contributed by atoms with Gasteiger partial charge < -0.3 is 9.94 Å². The van der Waals surface area contributed by atoms with Gasteiger partial charge in [0.1, 0.15) is 0 Å². The van der Waals surface area contributed by atoms with E-state index >= 15 is 0 Å². The monoisotopic (exact) mass is 281 g/mol. The SMILES string of the molecule is CCOC(=O)C(CC(C(F)(F)F)C(F)(F)F)=NO. The normalized spacial score (nSPS) is 13.9. The molecule has 0 aliphatic heterocycles. The van der Waals surface area contributed by atoms with E-state index in [2.05, 4.69) is 9.89 Å². The van der Waals surface area contributed by atoms with Gasteiger partial charge in [0.15, 0.2) is 11.6 Å². The third-order valence-electron chi connectivity index (χ3n) is 1.82. The molecule has 1 N–H and O–H groups in total. The van der Waals surface area contributed by atoms with Gasteiger partial charge in [0.2, 0.25) is 0 Å². The number of ether oxygens (including phenoxy) is 1. The van der Waals surface area contributed by atoms with Crippen LogP contribution in [0.3, 0.4) is 0 Å². The van der Waals surface area contributed by atoms with Crippen LogP contribution in [0.1, 0.15) is 13.3 Å². The van der Waals surface area contributed by atoms with Crippen LogP contribution in [-0.2, 0) is 9.53 Å². The lowest BCUT2D eigenvalue weighted by Crippen LogP contribution is -2.39. The summed E-state index contributed by atoms with van der Waals surface area (Å²) < 4.78 is 77.1. The first-order valence-electron chi connectivity index (χ1n) is 4.55. The van der Waals surface area contributed by atoms with E-state index in [-0.39, 0.29) is 6.61 Å². The number of esters is 1. The molecule has 0 rings (SSSR count). The van der Waals surface area contributed by atoms with Crippen molar-refractivity contribution in [3.63, 3.8) is 0 Å². The van der Waals surface area contributed by atoms with Crippen LogP contribution in [0, 0.1) is 5.92 Å². The molecule has 18 heavy (non-hydrogen) atoms. The van der Waals surface area contributed by atoms with Gasteiger partial charge >= 0.3 is 18.3 Å². The molecule has 0 aromatic carbocycles. The molecule has 106 valence electrons. The van der Waals surface area contributed by atoms with Crippen LogP contribution in [-0.4, -0.2) is 35.8 Å². The number of hydrogen-bond donors (Lipinski definition) is 1. The van der Waals surface area contributed by atoms with Crippen LogP contribution in [0.25, 0.3) is 0 Å². The maximum atomic E-state index is 12.2. The summed E-state index contributed by atoms with van der Waals surface area (Å²) in [5.41, 5.74) is -1.34. The highest BCUT2D eigenvalue weighted by molar-refractivity contribution is 6.36. The molecule has 0 saturated heterocycles. The van der Waals surface area contributed by atoms with Crippen LogP contribution in [0.15, 0.2) is 5.16 Å². The fraction of sp³-hybridized carbons (Fsp3) is 0.750. The van der Waals surface area contributed by atoms with Crippen molar-refractivity contribution in [2.24, 2.45) is 11.1 Å². The van der Waals surface area contributed by atoms with Crippen LogP contribution < -0.4 is 0 Å². The van der Waals surface area contributed by atoms with Crippen molar-refractivity contribution in [1.29, 1.82) is 0 Å². The minimum atomic E-state index is -5.61. The molecule has 0 spiro atoms. The maximum Gasteiger partial charge on any atom is 0.400 e. The van der Waals surface area contributed by atoms with E-state index in [9.17, 15) is 31.1 Å². The van der Waals surface area contributed by atoms with Gasteiger partial charge in [0, 0.05) is 6.42 Å². The molecule has 0 aliphatic rings. The number of carbonyl (C=O) groups excluding carboxylic acids is 1. The molecule has 0 unspecified atom stereocenters. The van der Waals surface area contributed by atoms with Gasteiger partial charge in [-0.15, -0.1) is 0 Å². The smallest absolute Gasteiger partial charge is 0.400 e. The number of oxime groups is 1. The summed E-state index contributed by atoms with van der Waals surface area (Å²) >= 11 is 0. The molecule has 0 saturated carbocycles. The van der Waals surface area contributed by atoms with Crippen molar-refractivity contribution in [3.8, 4) is 0 Å². The molecule has 0 bridgehead atoms. The summed E-state index contributed by atoms with van der Waals surface area (Å²) in [5.74, 6) is -5.32. The van der Waals surface area contributed by atoms with Gasteiger partial charge in [0.25, 0.3) is 0 Å². The van der Waals surface area contributed by atoms with Gasteiger partial charge in [0.05, 0.1) is 6.61 Å². The molecule has 0 aromatic heterocycles. The average molecular weight is 281 g/mol. The molecule has 0 fully saturated rings. The first-order valence-corrected chi connectivity index (χ1v) is 4.55. The van der Waals surface area contributed by atoms with Crippen molar-refractivity contribution in [2.45, 2.75) is 25.7 Å². The highest BCUT2D eigenvalue weighted by Gasteiger charge is 2.57. The fourth-order valence-corrected chi connectivity index (χ4v) is 0.990. The quantitative estimate of drug-likeness (QED) is 0.283. The van der Waals surface area contributed by atoms with E-state index in [1.165, 1.54) is 6.92 Å². The molecule has 0 aromatic rings. The lowest BCUT2D eigenvalue weighted by molar-refractivity contribution is -0.281. The second-order valence-corrected chi connectivity index (χ2v) is 3.11.